The molecule has 1 N–H and O–H groups in total. The monoisotopic (exact) mass is 407 g/mol. The fourth-order valence-corrected chi connectivity index (χ4v) is 3.15. The van der Waals surface area contributed by atoms with E-state index in [4.69, 9.17) is 16.3 Å². The highest BCUT2D eigenvalue weighted by atomic mass is 35.5. The van der Waals surface area contributed by atoms with Gasteiger partial charge in [0, 0.05) is 17.1 Å². The van der Waals surface area contributed by atoms with Gasteiger partial charge in [-0.15, -0.1) is 0 Å². The molecule has 148 valence electrons. The highest BCUT2D eigenvalue weighted by Gasteiger charge is 2.14. The van der Waals surface area contributed by atoms with Crippen molar-refractivity contribution in [3.63, 3.8) is 0 Å². The molecule has 0 unspecified atom stereocenters. The molecule has 3 aromatic carbocycles. The van der Waals surface area contributed by atoms with E-state index >= 15 is 0 Å². The van der Waals surface area contributed by atoms with E-state index in [0.717, 1.165) is 16.8 Å². The summed E-state index contributed by atoms with van der Waals surface area (Å²) in [5.41, 5.74) is 3.30. The van der Waals surface area contributed by atoms with Crippen LogP contribution in [0.2, 0.25) is 5.02 Å². The summed E-state index contributed by atoms with van der Waals surface area (Å²) in [7, 11) is 0. The van der Waals surface area contributed by atoms with Gasteiger partial charge in [0.15, 0.2) is 12.4 Å². The number of halogens is 1. The van der Waals surface area contributed by atoms with Crippen molar-refractivity contribution >= 4 is 29.0 Å². The summed E-state index contributed by atoms with van der Waals surface area (Å²) >= 11 is 5.98. The zero-order valence-corrected chi connectivity index (χ0v) is 16.9. The topological polar surface area (TPSA) is 55.4 Å². The summed E-state index contributed by atoms with van der Waals surface area (Å²) in [4.78, 5) is 24.6. The maximum absolute atomic E-state index is 12.5. The Morgan fingerprint density at radius 2 is 1.69 bits per heavy atom. The van der Waals surface area contributed by atoms with Crippen LogP contribution in [0.4, 0.5) is 5.69 Å². The van der Waals surface area contributed by atoms with Crippen molar-refractivity contribution in [2.75, 3.05) is 11.9 Å². The van der Waals surface area contributed by atoms with Crippen LogP contribution in [0.1, 0.15) is 34.8 Å². The van der Waals surface area contributed by atoms with Gasteiger partial charge in [-0.1, -0.05) is 67.1 Å². The Balaban J connectivity index is 1.67. The number of anilines is 1. The molecule has 5 heteroatoms. The third-order valence-corrected chi connectivity index (χ3v) is 4.69. The van der Waals surface area contributed by atoms with Gasteiger partial charge in [-0.2, -0.15) is 0 Å². The first-order valence-electron chi connectivity index (χ1n) is 9.44. The molecule has 0 bridgehead atoms. The second-order valence-electron chi connectivity index (χ2n) is 6.57. The molecule has 29 heavy (non-hydrogen) atoms. The minimum absolute atomic E-state index is 0.0869. The lowest BCUT2D eigenvalue weighted by atomic mass is 10.0. The standard InChI is InChI=1S/C24H22ClNO3/c1-2-22(27)20-15-19(25)12-13-23(20)29-16-24(28)26-21-11-7-6-10-18(21)14-17-8-4-3-5-9-17/h3-13,15H,2,14,16H2,1H3,(H,26,28). The Hall–Kier alpha value is -3.11. The first kappa shape index (κ1) is 20.6. The molecule has 4 nitrogen and oxygen atoms in total. The largest absolute Gasteiger partial charge is 0.483 e. The maximum Gasteiger partial charge on any atom is 0.262 e. The molecule has 0 heterocycles. The highest BCUT2D eigenvalue weighted by Crippen LogP contribution is 2.25. The normalized spacial score (nSPS) is 10.4. The molecule has 0 aliphatic heterocycles. The molecule has 0 radical (unpaired) electrons. The van der Waals surface area contributed by atoms with Crippen molar-refractivity contribution in [3.05, 3.63) is 94.5 Å². The van der Waals surface area contributed by atoms with Crippen molar-refractivity contribution in [3.8, 4) is 5.75 Å². The van der Waals surface area contributed by atoms with Gasteiger partial charge in [-0.05, 0) is 41.8 Å². The minimum Gasteiger partial charge on any atom is -0.483 e. The number of amides is 1. The van der Waals surface area contributed by atoms with Gasteiger partial charge < -0.3 is 10.1 Å². The number of Topliss-reactive ketones (excluding diaryl/α,β-unsaturated/α-hetero) is 1. The molecular weight excluding hydrogens is 386 g/mol. The van der Waals surface area contributed by atoms with Crippen LogP contribution in [0.5, 0.6) is 5.75 Å². The maximum atomic E-state index is 12.5. The SMILES string of the molecule is CCC(=O)c1cc(Cl)ccc1OCC(=O)Nc1ccccc1Cc1ccccc1. The highest BCUT2D eigenvalue weighted by molar-refractivity contribution is 6.31. The summed E-state index contributed by atoms with van der Waals surface area (Å²) in [5.74, 6) is -0.0274. The predicted octanol–water partition coefficient (Wildman–Crippen LogP) is 5.54. The second-order valence-corrected chi connectivity index (χ2v) is 7.01. The Morgan fingerprint density at radius 1 is 0.966 bits per heavy atom. The van der Waals surface area contributed by atoms with E-state index in [2.05, 4.69) is 17.4 Å². The number of hydrogen-bond acceptors (Lipinski definition) is 3. The average Bonchev–Trinajstić information content (AvgIpc) is 2.74. The average molecular weight is 408 g/mol. The Morgan fingerprint density at radius 3 is 2.45 bits per heavy atom. The lowest BCUT2D eigenvalue weighted by Gasteiger charge is -2.13. The second kappa shape index (κ2) is 9.89. The number of ether oxygens (including phenoxy) is 1. The number of benzene rings is 3. The summed E-state index contributed by atoms with van der Waals surface area (Å²) in [6, 6.07) is 22.5. The summed E-state index contributed by atoms with van der Waals surface area (Å²) in [6.07, 6.45) is 1.04. The quantitative estimate of drug-likeness (QED) is 0.498. The van der Waals surface area contributed by atoms with E-state index in [-0.39, 0.29) is 18.3 Å². The van der Waals surface area contributed by atoms with Crippen LogP contribution < -0.4 is 10.1 Å². The van der Waals surface area contributed by atoms with Crippen molar-refractivity contribution in [1.29, 1.82) is 0 Å². The van der Waals surface area contributed by atoms with Crippen LogP contribution in [-0.2, 0) is 11.2 Å². The van der Waals surface area contributed by atoms with E-state index in [1.165, 1.54) is 0 Å². The molecule has 1 amide bonds. The van der Waals surface area contributed by atoms with Crippen LogP contribution in [0.3, 0.4) is 0 Å². The number of carbonyl (C=O) groups is 2. The van der Waals surface area contributed by atoms with Crippen molar-refractivity contribution < 1.29 is 14.3 Å². The van der Waals surface area contributed by atoms with Crippen molar-refractivity contribution in [1.82, 2.24) is 0 Å². The molecule has 0 aliphatic carbocycles. The molecule has 0 saturated carbocycles. The van der Waals surface area contributed by atoms with Gasteiger partial charge in [0.2, 0.25) is 0 Å². The van der Waals surface area contributed by atoms with E-state index in [1.807, 2.05) is 42.5 Å². The Kier molecular flexibility index (Phi) is 7.04. The van der Waals surface area contributed by atoms with Gasteiger partial charge in [-0.3, -0.25) is 9.59 Å². The first-order valence-corrected chi connectivity index (χ1v) is 9.82. The van der Waals surface area contributed by atoms with Crippen LogP contribution in [0.15, 0.2) is 72.8 Å². The van der Waals surface area contributed by atoms with Crippen LogP contribution in [0.25, 0.3) is 0 Å². The van der Waals surface area contributed by atoms with Crippen LogP contribution in [-0.4, -0.2) is 18.3 Å². The number of rotatable bonds is 8. The number of para-hydroxylation sites is 1. The Bertz CT molecular complexity index is 1000. The third-order valence-electron chi connectivity index (χ3n) is 4.45. The molecule has 0 atom stereocenters. The van der Waals surface area contributed by atoms with E-state index in [9.17, 15) is 9.59 Å². The molecule has 0 aromatic heterocycles. The minimum atomic E-state index is -0.296. The van der Waals surface area contributed by atoms with Gasteiger partial charge >= 0.3 is 0 Å². The zero-order valence-electron chi connectivity index (χ0n) is 16.2. The number of ketones is 1. The number of nitrogens with one attached hydrogen (secondary N) is 1. The molecule has 0 spiro atoms. The van der Waals surface area contributed by atoms with E-state index in [1.54, 1.807) is 25.1 Å². The fourth-order valence-electron chi connectivity index (χ4n) is 2.98. The lowest BCUT2D eigenvalue weighted by molar-refractivity contribution is -0.118. The Labute approximate surface area is 175 Å². The molecule has 3 aromatic rings. The van der Waals surface area contributed by atoms with Crippen molar-refractivity contribution in [2.24, 2.45) is 0 Å². The van der Waals surface area contributed by atoms with Crippen LogP contribution in [0, 0.1) is 0 Å². The van der Waals surface area contributed by atoms with Gasteiger partial charge in [-0.25, -0.2) is 0 Å². The van der Waals surface area contributed by atoms with Gasteiger partial charge in [0.05, 0.1) is 5.56 Å². The van der Waals surface area contributed by atoms with E-state index < -0.39 is 0 Å². The molecule has 0 aliphatic rings. The third kappa shape index (κ3) is 5.69. The van der Waals surface area contributed by atoms with Crippen molar-refractivity contribution in [2.45, 2.75) is 19.8 Å². The van der Waals surface area contributed by atoms with Crippen LogP contribution >= 0.6 is 11.6 Å². The number of hydrogen-bond donors (Lipinski definition) is 1. The fraction of sp³-hybridized carbons (Fsp3) is 0.167. The van der Waals surface area contributed by atoms with Gasteiger partial charge in [0.25, 0.3) is 5.91 Å². The predicted molar refractivity (Wildman–Crippen MR) is 116 cm³/mol. The lowest BCUT2D eigenvalue weighted by Crippen LogP contribution is -2.21. The van der Waals surface area contributed by atoms with E-state index in [0.29, 0.717) is 29.2 Å². The molecule has 0 fully saturated rings. The summed E-state index contributed by atoms with van der Waals surface area (Å²) in [5, 5.41) is 3.35. The first-order chi connectivity index (χ1) is 14.1. The molecule has 3 rings (SSSR count). The van der Waals surface area contributed by atoms with Gasteiger partial charge in [0.1, 0.15) is 5.75 Å². The molecule has 0 saturated heterocycles. The summed E-state index contributed by atoms with van der Waals surface area (Å²) < 4.78 is 5.62. The summed E-state index contributed by atoms with van der Waals surface area (Å²) in [6.45, 7) is 1.56. The zero-order chi connectivity index (χ0) is 20.6. The number of carbonyl (C=O) groups excluding carboxylic acids is 2. The smallest absolute Gasteiger partial charge is 0.262 e. The molecular formula is C24H22ClNO3.